The minimum atomic E-state index is -0.604. The highest BCUT2D eigenvalue weighted by Crippen LogP contribution is 2.26. The minimum Gasteiger partial charge on any atom is -0.338 e. The van der Waals surface area contributed by atoms with Crippen LogP contribution in [0.5, 0.6) is 0 Å². The van der Waals surface area contributed by atoms with Crippen LogP contribution < -0.4 is 5.32 Å². The average Bonchev–Trinajstić information content (AvgIpc) is 2.73. The summed E-state index contributed by atoms with van der Waals surface area (Å²) in [5.41, 5.74) is 1.62. The molecule has 1 fully saturated rings. The van der Waals surface area contributed by atoms with E-state index in [0.29, 0.717) is 37.4 Å². The zero-order valence-corrected chi connectivity index (χ0v) is 17.1. The first-order valence-electron chi connectivity index (χ1n) is 9.81. The van der Waals surface area contributed by atoms with Crippen molar-refractivity contribution < 1.29 is 14.4 Å². The van der Waals surface area contributed by atoms with Crippen molar-refractivity contribution in [1.29, 1.82) is 0 Å². The van der Waals surface area contributed by atoms with E-state index in [1.165, 1.54) is 6.92 Å². The first-order chi connectivity index (χ1) is 13.8. The van der Waals surface area contributed by atoms with Crippen LogP contribution in [-0.4, -0.2) is 53.7 Å². The van der Waals surface area contributed by atoms with Gasteiger partial charge in [0.15, 0.2) is 0 Å². The number of carbonyl (C=O) groups excluding carboxylic acids is 3. The van der Waals surface area contributed by atoms with E-state index < -0.39 is 5.41 Å². The molecule has 1 heterocycles. The fourth-order valence-corrected chi connectivity index (χ4v) is 3.57. The van der Waals surface area contributed by atoms with Crippen molar-refractivity contribution in [3.8, 4) is 0 Å². The lowest BCUT2D eigenvalue weighted by Gasteiger charge is -2.38. The summed E-state index contributed by atoms with van der Waals surface area (Å²) in [6, 6.07) is 16.6. The largest absolute Gasteiger partial charge is 0.338 e. The van der Waals surface area contributed by atoms with E-state index in [0.717, 1.165) is 5.56 Å². The number of rotatable bonds is 4. The summed E-state index contributed by atoms with van der Waals surface area (Å²) in [5, 5.41) is 2.69. The van der Waals surface area contributed by atoms with Crippen LogP contribution >= 0.6 is 0 Å². The third kappa shape index (κ3) is 4.65. The molecule has 6 nitrogen and oxygen atoms in total. The third-order valence-corrected chi connectivity index (χ3v) is 5.34. The highest BCUT2D eigenvalue weighted by Gasteiger charge is 2.35. The molecule has 0 unspecified atom stereocenters. The molecule has 0 radical (unpaired) electrons. The molecule has 1 N–H and O–H groups in total. The maximum absolute atomic E-state index is 13.1. The van der Waals surface area contributed by atoms with Crippen LogP contribution in [0.3, 0.4) is 0 Å². The molecule has 3 rings (SSSR count). The second kappa shape index (κ2) is 8.47. The highest BCUT2D eigenvalue weighted by molar-refractivity contribution is 5.96. The Morgan fingerprint density at radius 3 is 1.93 bits per heavy atom. The fraction of sp³-hybridized carbons (Fsp3) is 0.348. The Morgan fingerprint density at radius 2 is 1.38 bits per heavy atom. The van der Waals surface area contributed by atoms with Crippen LogP contribution in [-0.2, 0) is 15.0 Å². The van der Waals surface area contributed by atoms with E-state index in [9.17, 15) is 14.4 Å². The Balaban J connectivity index is 1.60. The third-order valence-electron chi connectivity index (χ3n) is 5.34. The number of hydrogen-bond donors (Lipinski definition) is 1. The van der Waals surface area contributed by atoms with Crippen LogP contribution in [0.25, 0.3) is 0 Å². The lowest BCUT2D eigenvalue weighted by Crippen LogP contribution is -2.54. The van der Waals surface area contributed by atoms with Crippen LogP contribution in [0.15, 0.2) is 54.6 Å². The monoisotopic (exact) mass is 393 g/mol. The quantitative estimate of drug-likeness (QED) is 0.868. The zero-order chi connectivity index (χ0) is 21.0. The lowest BCUT2D eigenvalue weighted by molar-refractivity contribution is -0.137. The molecule has 2 aromatic carbocycles. The van der Waals surface area contributed by atoms with E-state index in [4.69, 9.17) is 0 Å². The van der Waals surface area contributed by atoms with Gasteiger partial charge < -0.3 is 15.1 Å². The van der Waals surface area contributed by atoms with Gasteiger partial charge in [-0.25, -0.2) is 0 Å². The Labute approximate surface area is 171 Å². The fourth-order valence-electron chi connectivity index (χ4n) is 3.57. The Kier molecular flexibility index (Phi) is 6.01. The van der Waals surface area contributed by atoms with Gasteiger partial charge in [0.1, 0.15) is 0 Å². The van der Waals surface area contributed by atoms with Gasteiger partial charge in [-0.15, -0.1) is 0 Å². The summed E-state index contributed by atoms with van der Waals surface area (Å²) in [5.74, 6) is -0.132. The van der Waals surface area contributed by atoms with Crippen LogP contribution in [0.4, 0.5) is 5.69 Å². The predicted molar refractivity (Wildman–Crippen MR) is 113 cm³/mol. The highest BCUT2D eigenvalue weighted by atomic mass is 16.2. The summed E-state index contributed by atoms with van der Waals surface area (Å²) >= 11 is 0. The van der Waals surface area contributed by atoms with E-state index in [-0.39, 0.29) is 17.7 Å². The smallest absolute Gasteiger partial charge is 0.253 e. The standard InChI is InChI=1S/C23H27N3O3/c1-17(27)24-20-11-9-18(10-12-20)21(28)25-13-15-26(16-14-25)22(29)23(2,3)19-7-5-4-6-8-19/h4-12H,13-16H2,1-3H3,(H,24,27). The molecule has 6 heteroatoms. The molecule has 29 heavy (non-hydrogen) atoms. The van der Waals surface area contributed by atoms with Gasteiger partial charge in [-0.2, -0.15) is 0 Å². The topological polar surface area (TPSA) is 69.7 Å². The number of nitrogens with zero attached hydrogens (tertiary/aromatic N) is 2. The van der Waals surface area contributed by atoms with E-state index in [2.05, 4.69) is 5.32 Å². The molecule has 1 aliphatic rings. The molecule has 0 bridgehead atoms. The Morgan fingerprint density at radius 1 is 0.828 bits per heavy atom. The number of hydrogen-bond acceptors (Lipinski definition) is 3. The Bertz CT molecular complexity index is 883. The van der Waals surface area contributed by atoms with Gasteiger partial charge in [-0.05, 0) is 43.7 Å². The van der Waals surface area contributed by atoms with Gasteiger partial charge in [0, 0.05) is 44.4 Å². The van der Waals surface area contributed by atoms with E-state index in [1.807, 2.05) is 49.1 Å². The van der Waals surface area contributed by atoms with Crippen molar-refractivity contribution in [3.05, 3.63) is 65.7 Å². The first kappa shape index (κ1) is 20.6. The van der Waals surface area contributed by atoms with Gasteiger partial charge in [0.05, 0.1) is 5.41 Å². The maximum atomic E-state index is 13.1. The molecule has 3 amide bonds. The number of carbonyl (C=O) groups is 3. The molecular formula is C23H27N3O3. The molecule has 0 spiro atoms. The number of amides is 3. The van der Waals surface area contributed by atoms with Crippen LogP contribution in [0, 0.1) is 0 Å². The predicted octanol–water partition coefficient (Wildman–Crippen LogP) is 2.91. The van der Waals surface area contributed by atoms with Crippen LogP contribution in [0.2, 0.25) is 0 Å². The molecular weight excluding hydrogens is 366 g/mol. The van der Waals surface area contributed by atoms with Crippen molar-refractivity contribution in [2.45, 2.75) is 26.2 Å². The molecule has 1 saturated heterocycles. The lowest BCUT2D eigenvalue weighted by atomic mass is 9.83. The van der Waals surface area contributed by atoms with Crippen molar-refractivity contribution >= 4 is 23.4 Å². The number of benzene rings is 2. The Hall–Kier alpha value is -3.15. The SMILES string of the molecule is CC(=O)Nc1ccc(C(=O)N2CCN(C(=O)C(C)(C)c3ccccc3)CC2)cc1. The molecule has 0 aromatic heterocycles. The molecule has 1 aliphatic heterocycles. The maximum Gasteiger partial charge on any atom is 0.253 e. The first-order valence-corrected chi connectivity index (χ1v) is 9.81. The minimum absolute atomic E-state index is 0.0613. The normalized spacial score (nSPS) is 14.4. The molecule has 0 atom stereocenters. The number of nitrogens with one attached hydrogen (secondary N) is 1. The average molecular weight is 393 g/mol. The summed E-state index contributed by atoms with van der Waals surface area (Å²) in [7, 11) is 0. The number of piperazine rings is 1. The molecule has 152 valence electrons. The summed E-state index contributed by atoms with van der Waals surface area (Å²) in [4.78, 5) is 40.6. The van der Waals surface area contributed by atoms with Crippen molar-refractivity contribution in [2.75, 3.05) is 31.5 Å². The van der Waals surface area contributed by atoms with Gasteiger partial charge >= 0.3 is 0 Å². The molecule has 0 saturated carbocycles. The summed E-state index contributed by atoms with van der Waals surface area (Å²) in [6.45, 7) is 7.37. The van der Waals surface area contributed by atoms with Crippen molar-refractivity contribution in [1.82, 2.24) is 9.80 Å². The number of anilines is 1. The summed E-state index contributed by atoms with van der Waals surface area (Å²) < 4.78 is 0. The second-order valence-electron chi connectivity index (χ2n) is 7.83. The van der Waals surface area contributed by atoms with Crippen molar-refractivity contribution in [2.24, 2.45) is 0 Å². The molecule has 0 aliphatic carbocycles. The van der Waals surface area contributed by atoms with Gasteiger partial charge in [-0.1, -0.05) is 30.3 Å². The summed E-state index contributed by atoms with van der Waals surface area (Å²) in [6.07, 6.45) is 0. The second-order valence-corrected chi connectivity index (χ2v) is 7.83. The van der Waals surface area contributed by atoms with E-state index >= 15 is 0 Å². The van der Waals surface area contributed by atoms with Gasteiger partial charge in [-0.3, -0.25) is 14.4 Å². The van der Waals surface area contributed by atoms with Crippen LogP contribution in [0.1, 0.15) is 36.7 Å². The van der Waals surface area contributed by atoms with E-state index in [1.54, 1.807) is 29.2 Å². The van der Waals surface area contributed by atoms with Crippen molar-refractivity contribution in [3.63, 3.8) is 0 Å². The molecule has 2 aromatic rings. The van der Waals surface area contributed by atoms with Gasteiger partial charge in [0.2, 0.25) is 11.8 Å². The van der Waals surface area contributed by atoms with Gasteiger partial charge in [0.25, 0.3) is 5.91 Å². The zero-order valence-electron chi connectivity index (χ0n) is 17.1.